The van der Waals surface area contributed by atoms with Crippen molar-refractivity contribution in [3.63, 3.8) is 0 Å². The van der Waals surface area contributed by atoms with Crippen LogP contribution in [0.4, 0.5) is 0 Å². The van der Waals surface area contributed by atoms with Crippen molar-refractivity contribution in [1.29, 1.82) is 0 Å². The molecule has 1 rings (SSSR count). The monoisotopic (exact) mass is 213 g/mol. The van der Waals surface area contributed by atoms with Crippen molar-refractivity contribution < 1.29 is 0 Å². The van der Waals surface area contributed by atoms with Gasteiger partial charge in [0, 0.05) is 20.2 Å². The van der Waals surface area contributed by atoms with Crippen LogP contribution in [0.2, 0.25) is 25.7 Å². The van der Waals surface area contributed by atoms with E-state index in [-0.39, 0.29) is 5.54 Å². The summed E-state index contributed by atoms with van der Waals surface area (Å²) in [5.74, 6) is 0. The van der Waals surface area contributed by atoms with E-state index < -0.39 is 8.07 Å². The van der Waals surface area contributed by atoms with Gasteiger partial charge in [-0.25, -0.2) is 0 Å². The average Bonchev–Trinajstić information content (AvgIpc) is 2.60. The minimum absolute atomic E-state index is 0.287. The predicted molar refractivity (Wildman–Crippen MR) is 67.6 cm³/mol. The summed E-state index contributed by atoms with van der Waals surface area (Å²) in [6, 6.07) is 1.50. The molecule has 0 aromatic carbocycles. The normalized spacial score (nSPS) is 21.0. The molecule has 0 amide bonds. The maximum atomic E-state index is 3.67. The summed E-state index contributed by atoms with van der Waals surface area (Å²) in [6.45, 7) is 15.5. The third kappa shape index (κ3) is 4.60. The fourth-order valence-corrected chi connectivity index (χ4v) is 4.90. The smallest absolute Gasteiger partial charge is 0.0448 e. The molecule has 14 heavy (non-hydrogen) atoms. The van der Waals surface area contributed by atoms with Gasteiger partial charge < -0.3 is 5.32 Å². The van der Waals surface area contributed by atoms with E-state index in [1.807, 2.05) is 0 Å². The van der Waals surface area contributed by atoms with E-state index >= 15 is 0 Å². The first kappa shape index (κ1) is 12.2. The van der Waals surface area contributed by atoms with E-state index in [9.17, 15) is 0 Å². The Morgan fingerprint density at radius 3 is 1.93 bits per heavy atom. The predicted octanol–water partition coefficient (Wildman–Crippen LogP) is 3.49. The number of hydrogen-bond donors (Lipinski definition) is 1. The lowest BCUT2D eigenvalue weighted by Crippen LogP contribution is -2.41. The van der Waals surface area contributed by atoms with Crippen molar-refractivity contribution in [2.75, 3.05) is 6.54 Å². The van der Waals surface area contributed by atoms with E-state index in [0.717, 1.165) is 0 Å². The quantitative estimate of drug-likeness (QED) is 0.705. The van der Waals surface area contributed by atoms with Crippen molar-refractivity contribution in [3.05, 3.63) is 0 Å². The third-order valence-electron chi connectivity index (χ3n) is 2.86. The maximum Gasteiger partial charge on any atom is 0.0448 e. The van der Waals surface area contributed by atoms with Crippen LogP contribution in [0.5, 0.6) is 0 Å². The van der Waals surface area contributed by atoms with E-state index in [0.29, 0.717) is 5.41 Å². The van der Waals surface area contributed by atoms with E-state index in [1.54, 1.807) is 0 Å². The molecule has 0 saturated heterocycles. The van der Waals surface area contributed by atoms with Crippen LogP contribution < -0.4 is 5.32 Å². The van der Waals surface area contributed by atoms with Gasteiger partial charge in [-0.15, -0.1) is 0 Å². The summed E-state index contributed by atoms with van der Waals surface area (Å²) >= 11 is 0. The summed E-state index contributed by atoms with van der Waals surface area (Å²) in [7, 11) is -0.866. The summed E-state index contributed by atoms with van der Waals surface area (Å²) in [6.07, 6.45) is 2.92. The van der Waals surface area contributed by atoms with Gasteiger partial charge in [-0.3, -0.25) is 0 Å². The molecule has 0 unspecified atom stereocenters. The van der Waals surface area contributed by atoms with Crippen molar-refractivity contribution in [3.8, 4) is 0 Å². The topological polar surface area (TPSA) is 12.0 Å². The zero-order chi connectivity index (χ0) is 11.0. The van der Waals surface area contributed by atoms with Crippen LogP contribution >= 0.6 is 0 Å². The standard InChI is InChI=1S/C12H27NSi/c1-11(2,3)13-9-12(7-8-12)10-14(4,5)6/h13H,7-10H2,1-6H3. The molecule has 1 nitrogen and oxygen atoms in total. The van der Waals surface area contributed by atoms with Crippen molar-refractivity contribution >= 4 is 8.07 Å². The lowest BCUT2D eigenvalue weighted by molar-refractivity contribution is 0.371. The summed E-state index contributed by atoms with van der Waals surface area (Å²) in [4.78, 5) is 0. The molecule has 1 aliphatic carbocycles. The number of rotatable bonds is 4. The largest absolute Gasteiger partial charge is 0.312 e. The van der Waals surface area contributed by atoms with Crippen LogP contribution in [0, 0.1) is 5.41 Å². The molecule has 2 heteroatoms. The second kappa shape index (κ2) is 3.64. The number of nitrogens with one attached hydrogen (secondary N) is 1. The van der Waals surface area contributed by atoms with Gasteiger partial charge in [-0.05, 0) is 39.0 Å². The van der Waals surface area contributed by atoms with Gasteiger partial charge in [0.2, 0.25) is 0 Å². The minimum atomic E-state index is -0.866. The molecule has 0 aromatic rings. The molecule has 0 radical (unpaired) electrons. The molecular formula is C12H27NSi. The third-order valence-corrected chi connectivity index (χ3v) is 4.67. The fraction of sp³-hybridized carbons (Fsp3) is 1.00. The minimum Gasteiger partial charge on any atom is -0.312 e. The molecule has 0 aromatic heterocycles. The zero-order valence-corrected chi connectivity index (χ0v) is 11.8. The lowest BCUT2D eigenvalue weighted by Gasteiger charge is -2.29. The lowest BCUT2D eigenvalue weighted by atomic mass is 10.1. The molecule has 0 heterocycles. The highest BCUT2D eigenvalue weighted by atomic mass is 28.3. The Labute approximate surface area is 90.7 Å². The molecule has 0 atom stereocenters. The SMILES string of the molecule is CC(C)(C)NCC1(C[Si](C)(C)C)CC1. The number of hydrogen-bond acceptors (Lipinski definition) is 1. The molecule has 1 N–H and O–H groups in total. The Kier molecular flexibility index (Phi) is 3.18. The molecule has 1 aliphatic rings. The van der Waals surface area contributed by atoms with E-state index in [1.165, 1.54) is 25.4 Å². The molecule has 1 saturated carbocycles. The van der Waals surface area contributed by atoms with Crippen molar-refractivity contribution in [1.82, 2.24) is 5.32 Å². The first-order valence-corrected chi connectivity index (χ1v) is 9.58. The molecule has 0 aliphatic heterocycles. The highest BCUT2D eigenvalue weighted by molar-refractivity contribution is 6.76. The summed E-state index contributed by atoms with van der Waals surface area (Å²) in [5, 5.41) is 3.67. The van der Waals surface area contributed by atoms with Gasteiger partial charge in [-0.2, -0.15) is 0 Å². The second-order valence-electron chi connectivity index (χ2n) is 7.34. The summed E-state index contributed by atoms with van der Waals surface area (Å²) < 4.78 is 0. The first-order chi connectivity index (χ1) is 6.12. The van der Waals surface area contributed by atoms with Gasteiger partial charge in [0.1, 0.15) is 0 Å². The van der Waals surface area contributed by atoms with Gasteiger partial charge in [0.25, 0.3) is 0 Å². The fourth-order valence-electron chi connectivity index (χ4n) is 2.17. The Bertz CT molecular complexity index is 193. The average molecular weight is 213 g/mol. The zero-order valence-electron chi connectivity index (χ0n) is 10.8. The highest BCUT2D eigenvalue weighted by Gasteiger charge is 2.45. The molecule has 0 bridgehead atoms. The Hall–Kier alpha value is 0.177. The summed E-state index contributed by atoms with van der Waals surface area (Å²) in [5.41, 5.74) is 0.979. The van der Waals surface area contributed by atoms with Crippen LogP contribution in [-0.2, 0) is 0 Å². The molecule has 0 spiro atoms. The second-order valence-corrected chi connectivity index (χ2v) is 12.8. The first-order valence-electron chi connectivity index (χ1n) is 5.87. The molecular weight excluding hydrogens is 186 g/mol. The van der Waals surface area contributed by atoms with E-state index in [4.69, 9.17) is 0 Å². The maximum absolute atomic E-state index is 3.67. The Morgan fingerprint density at radius 2 is 1.64 bits per heavy atom. The van der Waals surface area contributed by atoms with Crippen molar-refractivity contribution in [2.45, 2.75) is 64.8 Å². The van der Waals surface area contributed by atoms with Crippen LogP contribution in [0.15, 0.2) is 0 Å². The van der Waals surface area contributed by atoms with Crippen LogP contribution in [0.1, 0.15) is 33.6 Å². The highest BCUT2D eigenvalue weighted by Crippen LogP contribution is 2.51. The Balaban J connectivity index is 2.37. The van der Waals surface area contributed by atoms with Gasteiger partial charge >= 0.3 is 0 Å². The van der Waals surface area contributed by atoms with E-state index in [2.05, 4.69) is 45.7 Å². The Morgan fingerprint density at radius 1 is 1.14 bits per heavy atom. The van der Waals surface area contributed by atoms with Crippen LogP contribution in [-0.4, -0.2) is 20.2 Å². The molecule has 84 valence electrons. The van der Waals surface area contributed by atoms with Crippen LogP contribution in [0.3, 0.4) is 0 Å². The van der Waals surface area contributed by atoms with Gasteiger partial charge in [0.05, 0.1) is 0 Å². The van der Waals surface area contributed by atoms with Gasteiger partial charge in [-0.1, -0.05) is 25.7 Å². The van der Waals surface area contributed by atoms with Crippen LogP contribution in [0.25, 0.3) is 0 Å². The van der Waals surface area contributed by atoms with Gasteiger partial charge in [0.15, 0.2) is 0 Å². The molecule has 1 fully saturated rings. The van der Waals surface area contributed by atoms with Crippen molar-refractivity contribution in [2.24, 2.45) is 5.41 Å².